The maximum atomic E-state index is 12.6. The van der Waals surface area contributed by atoms with E-state index in [0.29, 0.717) is 33.2 Å². The van der Waals surface area contributed by atoms with Crippen LogP contribution in [0.4, 0.5) is 0 Å². The van der Waals surface area contributed by atoms with E-state index >= 15 is 0 Å². The predicted octanol–water partition coefficient (Wildman–Crippen LogP) is 8.89. The van der Waals surface area contributed by atoms with Gasteiger partial charge in [0.15, 0.2) is 0 Å². The third-order valence-electron chi connectivity index (χ3n) is 7.70. The maximum absolute atomic E-state index is 12.6. The molecule has 0 unspecified atom stereocenters. The molecule has 2 atom stereocenters. The first kappa shape index (κ1) is 31.0. The fourth-order valence-corrected chi connectivity index (χ4v) is 17.5. The number of rotatable bonds is 16. The summed E-state index contributed by atoms with van der Waals surface area (Å²) in [7, 11) is -4.28. The van der Waals surface area contributed by atoms with Crippen LogP contribution in [0.5, 0.6) is 0 Å². The molecule has 0 aromatic heterocycles. The van der Waals surface area contributed by atoms with Crippen LogP contribution in [-0.4, -0.2) is 35.1 Å². The number of unbranched alkanes of at least 4 members (excludes halogenated alkanes) is 2. The Hall–Kier alpha value is 0.0238. The lowest BCUT2D eigenvalue weighted by Crippen LogP contribution is -2.57. The van der Waals surface area contributed by atoms with Gasteiger partial charge in [0.05, 0.1) is 6.10 Å². The molecular weight excluding hydrogens is 416 g/mol. The lowest BCUT2D eigenvalue weighted by atomic mass is 10.1. The predicted molar refractivity (Wildman–Crippen MR) is 142 cm³/mol. The fourth-order valence-electron chi connectivity index (χ4n) is 6.39. The summed E-state index contributed by atoms with van der Waals surface area (Å²) < 4.78 is 14.2. The molecule has 0 aromatic rings. The Kier molecular flexibility index (Phi) is 13.7. The van der Waals surface area contributed by atoms with Crippen LogP contribution in [-0.2, 0) is 13.6 Å². The van der Waals surface area contributed by atoms with E-state index in [2.05, 4.69) is 90.0 Å². The molecule has 31 heavy (non-hydrogen) atoms. The van der Waals surface area contributed by atoms with Crippen molar-refractivity contribution in [3.8, 4) is 0 Å². The summed E-state index contributed by atoms with van der Waals surface area (Å²) in [4.78, 5) is 12.6. The molecule has 0 saturated carbocycles. The average molecular weight is 473 g/mol. The first-order valence-electron chi connectivity index (χ1n) is 13.1. The monoisotopic (exact) mass is 472 g/mol. The number of aldehydes is 1. The second-order valence-electron chi connectivity index (χ2n) is 11.5. The Morgan fingerprint density at radius 2 is 0.968 bits per heavy atom. The van der Waals surface area contributed by atoms with E-state index in [9.17, 15) is 4.79 Å². The molecule has 0 aromatic carbocycles. The van der Waals surface area contributed by atoms with Crippen LogP contribution >= 0.6 is 0 Å². The summed E-state index contributed by atoms with van der Waals surface area (Å²) in [5.41, 5.74) is 2.85. The molecule has 0 heterocycles. The molecule has 0 aliphatic rings. The fraction of sp³-hybridized carbons (Fsp3) is 0.962. The molecule has 0 spiro atoms. The van der Waals surface area contributed by atoms with Crippen molar-refractivity contribution >= 4 is 22.9 Å². The van der Waals surface area contributed by atoms with Gasteiger partial charge in [0.1, 0.15) is 12.4 Å². The molecule has 0 saturated heterocycles. The van der Waals surface area contributed by atoms with Gasteiger partial charge in [-0.25, -0.2) is 0 Å². The summed E-state index contributed by atoms with van der Waals surface area (Å²) in [6.45, 7) is 29.9. The van der Waals surface area contributed by atoms with Crippen molar-refractivity contribution in [2.75, 3.05) is 0 Å². The minimum absolute atomic E-state index is 0.133. The van der Waals surface area contributed by atoms with Crippen LogP contribution in [0.15, 0.2) is 0 Å². The van der Waals surface area contributed by atoms with E-state index in [1.165, 1.54) is 12.8 Å². The zero-order chi connectivity index (χ0) is 24.6. The van der Waals surface area contributed by atoms with E-state index in [1.807, 2.05) is 0 Å². The van der Waals surface area contributed by atoms with E-state index < -0.39 is 22.7 Å². The topological polar surface area (TPSA) is 35.5 Å². The van der Waals surface area contributed by atoms with Crippen molar-refractivity contribution in [3.05, 3.63) is 0 Å². The molecular formula is C26H56O3Si2. The quantitative estimate of drug-likeness (QED) is 0.128. The Balaban J connectivity index is 6.29. The Morgan fingerprint density at radius 1 is 0.613 bits per heavy atom. The molecule has 0 rings (SSSR count). The van der Waals surface area contributed by atoms with Gasteiger partial charge in [0.2, 0.25) is 16.6 Å². The Morgan fingerprint density at radius 3 is 1.26 bits per heavy atom. The third-order valence-corrected chi connectivity index (χ3v) is 19.9. The van der Waals surface area contributed by atoms with Crippen LogP contribution < -0.4 is 0 Å². The van der Waals surface area contributed by atoms with Crippen molar-refractivity contribution < 1.29 is 13.6 Å². The smallest absolute Gasteiger partial charge is 0.201 e. The summed E-state index contributed by atoms with van der Waals surface area (Å²) >= 11 is 0. The minimum Gasteiger partial charge on any atom is -0.410 e. The highest BCUT2D eigenvalue weighted by Gasteiger charge is 2.51. The van der Waals surface area contributed by atoms with Crippen molar-refractivity contribution in [2.24, 2.45) is 0 Å². The minimum atomic E-state index is -2.17. The first-order chi connectivity index (χ1) is 14.2. The van der Waals surface area contributed by atoms with Crippen LogP contribution in [0.1, 0.15) is 116 Å². The van der Waals surface area contributed by atoms with E-state index in [4.69, 9.17) is 8.85 Å². The first-order valence-corrected chi connectivity index (χ1v) is 17.3. The SMILES string of the molecule is CCCCC[C@H](O[Si](C(C)C)(C(C)C)C(C)C)[C@@H](C=O)O[Si](C(C)C)(C(C)C)C(C)C. The van der Waals surface area contributed by atoms with Crippen molar-refractivity contribution in [1.82, 2.24) is 0 Å². The molecule has 5 heteroatoms. The molecule has 0 radical (unpaired) electrons. The Labute approximate surface area is 197 Å². The van der Waals surface area contributed by atoms with Gasteiger partial charge >= 0.3 is 0 Å². The van der Waals surface area contributed by atoms with Gasteiger partial charge in [-0.2, -0.15) is 0 Å². The summed E-state index contributed by atoms with van der Waals surface area (Å²) in [6.07, 6.45) is 4.83. The molecule has 186 valence electrons. The van der Waals surface area contributed by atoms with Crippen LogP contribution in [0.3, 0.4) is 0 Å². The normalized spacial score (nSPS) is 15.7. The highest BCUT2D eigenvalue weighted by molar-refractivity contribution is 6.78. The number of hydrogen-bond donors (Lipinski definition) is 0. The summed E-state index contributed by atoms with van der Waals surface area (Å²) in [6, 6.07) is 0. The number of carbonyl (C=O) groups is 1. The second-order valence-corrected chi connectivity index (χ2v) is 22.3. The molecule has 0 aliphatic carbocycles. The highest BCUT2D eigenvalue weighted by Crippen LogP contribution is 2.46. The second kappa shape index (κ2) is 13.7. The molecule has 0 fully saturated rings. The zero-order valence-corrected chi connectivity index (χ0v) is 25.2. The van der Waals surface area contributed by atoms with E-state index in [1.54, 1.807) is 0 Å². The summed E-state index contributed by atoms with van der Waals surface area (Å²) in [5, 5.41) is 0. The number of hydrogen-bond acceptors (Lipinski definition) is 3. The lowest BCUT2D eigenvalue weighted by molar-refractivity contribution is -0.119. The maximum Gasteiger partial charge on any atom is 0.201 e. The van der Waals surface area contributed by atoms with Crippen molar-refractivity contribution in [3.63, 3.8) is 0 Å². The summed E-state index contributed by atoms with van der Waals surface area (Å²) in [5.74, 6) is 0. The van der Waals surface area contributed by atoms with Crippen molar-refractivity contribution in [1.29, 1.82) is 0 Å². The zero-order valence-electron chi connectivity index (χ0n) is 23.2. The van der Waals surface area contributed by atoms with Gasteiger partial charge < -0.3 is 13.6 Å². The lowest BCUT2D eigenvalue weighted by Gasteiger charge is -2.48. The largest absolute Gasteiger partial charge is 0.410 e. The van der Waals surface area contributed by atoms with Gasteiger partial charge in [0, 0.05) is 0 Å². The standard InChI is InChI=1S/C26H56O3Si2/c1-14-15-16-17-25(28-30(19(2)3,20(4)5)21(6)7)26(18-27)29-31(22(8)9,23(10)11)24(12)13/h18-26H,14-17H2,1-13H3/t25-,26+/m0/s1. The molecule has 3 nitrogen and oxygen atoms in total. The van der Waals surface area contributed by atoms with Gasteiger partial charge in [-0.3, -0.25) is 0 Å². The van der Waals surface area contributed by atoms with Crippen LogP contribution in [0.25, 0.3) is 0 Å². The Bertz CT molecular complexity index is 457. The number of carbonyl (C=O) groups excluding carboxylic acids is 1. The third kappa shape index (κ3) is 7.25. The molecule has 0 N–H and O–H groups in total. The van der Waals surface area contributed by atoms with E-state index in [0.717, 1.165) is 19.1 Å². The highest BCUT2D eigenvalue weighted by atomic mass is 28.4. The van der Waals surface area contributed by atoms with Crippen LogP contribution in [0, 0.1) is 0 Å². The van der Waals surface area contributed by atoms with Crippen LogP contribution in [0.2, 0.25) is 33.2 Å². The van der Waals surface area contributed by atoms with Gasteiger partial charge in [0.25, 0.3) is 0 Å². The molecule has 0 bridgehead atoms. The van der Waals surface area contributed by atoms with Gasteiger partial charge in [-0.05, 0) is 39.7 Å². The van der Waals surface area contributed by atoms with E-state index in [-0.39, 0.29) is 6.10 Å². The molecule has 0 aliphatic heterocycles. The van der Waals surface area contributed by atoms with Gasteiger partial charge in [-0.1, -0.05) is 109 Å². The van der Waals surface area contributed by atoms with Gasteiger partial charge in [-0.15, -0.1) is 0 Å². The molecule has 0 amide bonds. The van der Waals surface area contributed by atoms with Crippen molar-refractivity contribution in [2.45, 2.75) is 161 Å². The average Bonchev–Trinajstić information content (AvgIpc) is 2.64.